The molecule has 0 spiro atoms. The second kappa shape index (κ2) is 4.77. The molecule has 0 atom stereocenters. The Morgan fingerprint density at radius 2 is 2.00 bits per heavy atom. The summed E-state index contributed by atoms with van der Waals surface area (Å²) in [6.45, 7) is 0. The molecule has 0 saturated heterocycles. The molecule has 108 valence electrons. The van der Waals surface area contributed by atoms with Crippen molar-refractivity contribution in [3.05, 3.63) is 65.5 Å². The van der Waals surface area contributed by atoms with Gasteiger partial charge in [-0.3, -0.25) is 4.79 Å². The number of fused-ring (bicyclic) bond motifs is 2. The van der Waals surface area contributed by atoms with E-state index in [0.717, 1.165) is 16.6 Å². The highest BCUT2D eigenvalue weighted by Gasteiger charge is 2.27. The van der Waals surface area contributed by atoms with Crippen LogP contribution < -0.4 is 9.47 Å². The third-order valence-corrected chi connectivity index (χ3v) is 3.71. The first-order valence-electron chi connectivity index (χ1n) is 6.94. The lowest BCUT2D eigenvalue weighted by molar-refractivity contribution is 0.101. The molecule has 0 fully saturated rings. The Balaban J connectivity index is 1.73. The summed E-state index contributed by atoms with van der Waals surface area (Å²) in [4.78, 5) is 15.6. The van der Waals surface area contributed by atoms with Crippen LogP contribution in [0.5, 0.6) is 11.5 Å². The van der Waals surface area contributed by atoms with Crippen LogP contribution in [0.4, 0.5) is 0 Å². The van der Waals surface area contributed by atoms with Crippen LogP contribution in [0.2, 0.25) is 0 Å². The first kappa shape index (κ1) is 12.7. The standard InChI is InChI=1S/C18H13NO3/c1-21-13-6-7-14-16(10-13)22-17(18(14)20)9-12-8-11-4-2-3-5-15(11)19-12/h2-10,19H,1H3/b17-9-. The van der Waals surface area contributed by atoms with Gasteiger partial charge in [0.05, 0.1) is 12.7 Å². The summed E-state index contributed by atoms with van der Waals surface area (Å²) in [7, 11) is 1.58. The fourth-order valence-electron chi connectivity index (χ4n) is 2.61. The molecule has 4 heteroatoms. The predicted molar refractivity (Wildman–Crippen MR) is 84.2 cm³/mol. The first-order valence-corrected chi connectivity index (χ1v) is 6.94. The maximum absolute atomic E-state index is 12.4. The van der Waals surface area contributed by atoms with Gasteiger partial charge in [-0.15, -0.1) is 0 Å². The minimum atomic E-state index is -0.115. The summed E-state index contributed by atoms with van der Waals surface area (Å²) >= 11 is 0. The van der Waals surface area contributed by atoms with E-state index in [2.05, 4.69) is 4.98 Å². The van der Waals surface area contributed by atoms with Gasteiger partial charge in [0, 0.05) is 23.4 Å². The summed E-state index contributed by atoms with van der Waals surface area (Å²) in [6.07, 6.45) is 1.73. The van der Waals surface area contributed by atoms with Gasteiger partial charge in [-0.2, -0.15) is 0 Å². The molecule has 0 amide bonds. The number of allylic oxidation sites excluding steroid dienone is 1. The molecule has 4 nitrogen and oxygen atoms in total. The Hall–Kier alpha value is -3.01. The number of benzene rings is 2. The lowest BCUT2D eigenvalue weighted by Gasteiger charge is -2.01. The van der Waals surface area contributed by atoms with Crippen molar-refractivity contribution in [2.75, 3.05) is 7.11 Å². The maximum Gasteiger partial charge on any atom is 0.232 e. The Morgan fingerprint density at radius 1 is 1.14 bits per heavy atom. The van der Waals surface area contributed by atoms with Crippen molar-refractivity contribution in [3.63, 3.8) is 0 Å². The van der Waals surface area contributed by atoms with E-state index in [1.165, 1.54) is 0 Å². The third-order valence-electron chi connectivity index (χ3n) is 3.71. The van der Waals surface area contributed by atoms with Crippen LogP contribution in [0.1, 0.15) is 16.1 Å². The van der Waals surface area contributed by atoms with Crippen molar-refractivity contribution in [2.24, 2.45) is 0 Å². The van der Waals surface area contributed by atoms with E-state index in [-0.39, 0.29) is 5.78 Å². The van der Waals surface area contributed by atoms with E-state index >= 15 is 0 Å². The minimum absolute atomic E-state index is 0.115. The van der Waals surface area contributed by atoms with Crippen molar-refractivity contribution >= 4 is 22.8 Å². The van der Waals surface area contributed by atoms with Crippen LogP contribution in [0.25, 0.3) is 17.0 Å². The van der Waals surface area contributed by atoms with Crippen LogP contribution in [-0.2, 0) is 0 Å². The second-order valence-electron chi connectivity index (χ2n) is 5.11. The van der Waals surface area contributed by atoms with Crippen LogP contribution in [0.15, 0.2) is 54.3 Å². The molecular formula is C18H13NO3. The normalized spacial score (nSPS) is 15.1. The van der Waals surface area contributed by atoms with Crippen molar-refractivity contribution in [2.45, 2.75) is 0 Å². The smallest absolute Gasteiger partial charge is 0.232 e. The molecule has 1 aliphatic heterocycles. The molecule has 0 unspecified atom stereocenters. The highest BCUT2D eigenvalue weighted by atomic mass is 16.5. The van der Waals surface area contributed by atoms with Crippen LogP contribution in [0.3, 0.4) is 0 Å². The quantitative estimate of drug-likeness (QED) is 0.731. The average molecular weight is 291 g/mol. The summed E-state index contributed by atoms with van der Waals surface area (Å²) in [6, 6.07) is 15.1. The number of hydrogen-bond acceptors (Lipinski definition) is 3. The number of para-hydroxylation sites is 1. The van der Waals surface area contributed by atoms with E-state index in [1.807, 2.05) is 30.3 Å². The molecular weight excluding hydrogens is 278 g/mol. The number of hydrogen-bond donors (Lipinski definition) is 1. The van der Waals surface area contributed by atoms with Crippen molar-refractivity contribution in [1.29, 1.82) is 0 Å². The minimum Gasteiger partial charge on any atom is -0.497 e. The molecule has 22 heavy (non-hydrogen) atoms. The number of aromatic nitrogens is 1. The summed E-state index contributed by atoms with van der Waals surface area (Å²) in [5, 5.41) is 1.10. The number of rotatable bonds is 2. The lowest BCUT2D eigenvalue weighted by Crippen LogP contribution is -1.97. The predicted octanol–water partition coefficient (Wildman–Crippen LogP) is 3.79. The number of aromatic amines is 1. The number of methoxy groups -OCH3 is 1. The molecule has 1 aliphatic rings. The Labute approximate surface area is 127 Å². The second-order valence-corrected chi connectivity index (χ2v) is 5.11. The summed E-state index contributed by atoms with van der Waals surface area (Å²) in [5.41, 5.74) is 2.42. The lowest BCUT2D eigenvalue weighted by atomic mass is 10.1. The highest BCUT2D eigenvalue weighted by molar-refractivity contribution is 6.14. The molecule has 3 aromatic rings. The highest BCUT2D eigenvalue weighted by Crippen LogP contribution is 2.34. The molecule has 4 rings (SSSR count). The topological polar surface area (TPSA) is 51.3 Å². The Kier molecular flexibility index (Phi) is 2.76. The first-order chi connectivity index (χ1) is 10.7. The molecule has 2 heterocycles. The fourth-order valence-corrected chi connectivity index (χ4v) is 2.61. The van der Waals surface area contributed by atoms with Gasteiger partial charge in [-0.1, -0.05) is 18.2 Å². The number of carbonyl (C=O) groups is 1. The molecule has 2 aromatic carbocycles. The molecule has 0 radical (unpaired) electrons. The molecule has 1 N–H and O–H groups in total. The van der Waals surface area contributed by atoms with Crippen molar-refractivity contribution in [1.82, 2.24) is 4.98 Å². The monoisotopic (exact) mass is 291 g/mol. The van der Waals surface area contributed by atoms with Crippen molar-refractivity contribution < 1.29 is 14.3 Å². The van der Waals surface area contributed by atoms with Gasteiger partial charge in [0.1, 0.15) is 11.5 Å². The number of nitrogens with one attached hydrogen (secondary N) is 1. The SMILES string of the molecule is COc1ccc2c(c1)O/C(=C\c1cc3ccccc3[nH]1)C2=O. The van der Waals surface area contributed by atoms with Gasteiger partial charge in [-0.05, 0) is 29.7 Å². The van der Waals surface area contributed by atoms with E-state index < -0.39 is 0 Å². The van der Waals surface area contributed by atoms with Gasteiger partial charge in [0.2, 0.25) is 5.78 Å². The molecule has 0 aliphatic carbocycles. The average Bonchev–Trinajstić information content (AvgIpc) is 3.08. The fraction of sp³-hybridized carbons (Fsp3) is 0.0556. The number of ether oxygens (including phenoxy) is 2. The number of ketones is 1. The number of H-pyrrole nitrogens is 1. The zero-order valence-corrected chi connectivity index (χ0v) is 11.9. The van der Waals surface area contributed by atoms with Crippen LogP contribution >= 0.6 is 0 Å². The van der Waals surface area contributed by atoms with Gasteiger partial charge < -0.3 is 14.5 Å². The van der Waals surface area contributed by atoms with Crippen LogP contribution in [0, 0.1) is 0 Å². The van der Waals surface area contributed by atoms with Crippen molar-refractivity contribution in [3.8, 4) is 11.5 Å². The zero-order valence-electron chi connectivity index (χ0n) is 11.9. The molecule has 0 bridgehead atoms. The molecule has 0 saturated carbocycles. The van der Waals surface area contributed by atoms with Crippen LogP contribution in [-0.4, -0.2) is 17.9 Å². The van der Waals surface area contributed by atoms with E-state index in [1.54, 1.807) is 31.4 Å². The Morgan fingerprint density at radius 3 is 2.82 bits per heavy atom. The van der Waals surface area contributed by atoms with Gasteiger partial charge in [0.15, 0.2) is 5.76 Å². The summed E-state index contributed by atoms with van der Waals surface area (Å²) in [5.74, 6) is 1.40. The zero-order chi connectivity index (χ0) is 15.1. The van der Waals surface area contributed by atoms with Gasteiger partial charge >= 0.3 is 0 Å². The third kappa shape index (κ3) is 1.97. The maximum atomic E-state index is 12.4. The largest absolute Gasteiger partial charge is 0.497 e. The summed E-state index contributed by atoms with van der Waals surface area (Å²) < 4.78 is 10.8. The Bertz CT molecular complexity index is 888. The van der Waals surface area contributed by atoms with Gasteiger partial charge in [-0.25, -0.2) is 0 Å². The molecule has 1 aromatic heterocycles. The number of carbonyl (C=O) groups excluding carboxylic acids is 1. The van der Waals surface area contributed by atoms with E-state index in [4.69, 9.17) is 9.47 Å². The van der Waals surface area contributed by atoms with Gasteiger partial charge in [0.25, 0.3) is 0 Å². The van der Waals surface area contributed by atoms with E-state index in [0.29, 0.717) is 22.8 Å². The number of Topliss-reactive ketones (excluding diaryl/α,β-unsaturated/α-hetero) is 1. The van der Waals surface area contributed by atoms with E-state index in [9.17, 15) is 4.79 Å².